The highest BCUT2D eigenvalue weighted by molar-refractivity contribution is 5.94. The van der Waals surface area contributed by atoms with Gasteiger partial charge in [0.2, 0.25) is 0 Å². The van der Waals surface area contributed by atoms with Crippen LogP contribution >= 0.6 is 0 Å². The minimum absolute atomic E-state index is 0.0994. The summed E-state index contributed by atoms with van der Waals surface area (Å²) in [7, 11) is 2.16. The maximum atomic E-state index is 13.2. The van der Waals surface area contributed by atoms with E-state index in [1.54, 1.807) is 24.4 Å². The Kier molecular flexibility index (Phi) is 6.76. The molecule has 0 radical (unpaired) electrons. The Bertz CT molecular complexity index is 750. The fourth-order valence-corrected chi connectivity index (χ4v) is 3.44. The minimum atomic E-state index is -0.256. The first-order chi connectivity index (χ1) is 13.1. The summed E-state index contributed by atoms with van der Waals surface area (Å²) in [6.45, 7) is 2.30. The number of nitrogens with one attached hydrogen (secondary N) is 2. The maximum absolute atomic E-state index is 13.2. The van der Waals surface area contributed by atoms with Crippen LogP contribution in [0, 0.1) is 5.82 Å². The zero-order valence-corrected chi connectivity index (χ0v) is 15.7. The first-order valence-electron chi connectivity index (χ1n) is 9.54. The van der Waals surface area contributed by atoms with E-state index in [9.17, 15) is 9.18 Å². The lowest BCUT2D eigenvalue weighted by molar-refractivity contribution is 0.0945. The average molecular weight is 370 g/mol. The van der Waals surface area contributed by atoms with Gasteiger partial charge >= 0.3 is 0 Å². The highest BCUT2D eigenvalue weighted by Crippen LogP contribution is 2.17. The van der Waals surface area contributed by atoms with Crippen LogP contribution in [0.1, 0.15) is 41.6 Å². The molecule has 0 spiro atoms. The monoisotopic (exact) mass is 370 g/mol. The first-order valence-corrected chi connectivity index (χ1v) is 9.54. The van der Waals surface area contributed by atoms with E-state index in [1.807, 2.05) is 6.07 Å². The van der Waals surface area contributed by atoms with Gasteiger partial charge in [-0.25, -0.2) is 9.37 Å². The summed E-state index contributed by atoms with van der Waals surface area (Å²) in [5.74, 6) is 0.297. The van der Waals surface area contributed by atoms with E-state index in [2.05, 4.69) is 27.6 Å². The van der Waals surface area contributed by atoms with Gasteiger partial charge in [0.25, 0.3) is 5.91 Å². The predicted molar refractivity (Wildman–Crippen MR) is 105 cm³/mol. The number of likely N-dealkylation sites (tertiary alicyclic amines) is 1. The summed E-state index contributed by atoms with van der Waals surface area (Å²) < 4.78 is 13.2. The van der Waals surface area contributed by atoms with Crippen molar-refractivity contribution >= 4 is 11.7 Å². The first kappa shape index (κ1) is 19.3. The van der Waals surface area contributed by atoms with E-state index in [0.717, 1.165) is 18.5 Å². The van der Waals surface area contributed by atoms with Gasteiger partial charge in [0, 0.05) is 25.3 Å². The maximum Gasteiger partial charge on any atom is 0.252 e. The second-order valence-corrected chi connectivity index (χ2v) is 7.09. The molecule has 5 nitrogen and oxygen atoms in total. The molecule has 3 rings (SSSR count). The fourth-order valence-electron chi connectivity index (χ4n) is 3.44. The van der Waals surface area contributed by atoms with Crippen LogP contribution in [0.25, 0.3) is 0 Å². The van der Waals surface area contributed by atoms with Crippen molar-refractivity contribution in [2.75, 3.05) is 25.5 Å². The normalized spacial score (nSPS) is 17.5. The Balaban J connectivity index is 1.44. The third-order valence-electron chi connectivity index (χ3n) is 5.07. The number of rotatable bonds is 7. The minimum Gasteiger partial charge on any atom is -0.366 e. The zero-order valence-electron chi connectivity index (χ0n) is 15.7. The number of carbonyl (C=O) groups excluding carboxylic acids is 1. The topological polar surface area (TPSA) is 57.3 Å². The second-order valence-electron chi connectivity index (χ2n) is 7.09. The summed E-state index contributed by atoms with van der Waals surface area (Å²) in [5, 5.41) is 6.11. The van der Waals surface area contributed by atoms with E-state index < -0.39 is 0 Å². The van der Waals surface area contributed by atoms with E-state index in [0.29, 0.717) is 30.5 Å². The van der Waals surface area contributed by atoms with Crippen LogP contribution in [0.5, 0.6) is 0 Å². The molecule has 1 atom stereocenters. The van der Waals surface area contributed by atoms with E-state index in [4.69, 9.17) is 0 Å². The fraction of sp³-hybridized carbons (Fsp3) is 0.429. The summed E-state index contributed by atoms with van der Waals surface area (Å²) in [6, 6.07) is 10.5. The summed E-state index contributed by atoms with van der Waals surface area (Å²) in [5.41, 5.74) is 1.38. The largest absolute Gasteiger partial charge is 0.366 e. The molecule has 1 aromatic heterocycles. The Hall–Kier alpha value is -2.47. The van der Waals surface area contributed by atoms with E-state index in [-0.39, 0.29) is 11.7 Å². The lowest BCUT2D eigenvalue weighted by atomic mass is 10.0. The van der Waals surface area contributed by atoms with Crippen LogP contribution in [0.4, 0.5) is 10.2 Å². The average Bonchev–Trinajstić information content (AvgIpc) is 2.68. The highest BCUT2D eigenvalue weighted by Gasteiger charge is 2.18. The number of pyridine rings is 1. The number of hydrogen-bond acceptors (Lipinski definition) is 4. The number of benzene rings is 1. The van der Waals surface area contributed by atoms with Crippen molar-refractivity contribution in [3.63, 3.8) is 0 Å². The van der Waals surface area contributed by atoms with Gasteiger partial charge in [-0.05, 0) is 62.7 Å². The smallest absolute Gasteiger partial charge is 0.252 e. The van der Waals surface area contributed by atoms with Gasteiger partial charge in [-0.15, -0.1) is 0 Å². The number of hydrogen-bond donors (Lipinski definition) is 2. The van der Waals surface area contributed by atoms with Crippen LogP contribution in [-0.4, -0.2) is 42.0 Å². The molecule has 1 saturated heterocycles. The van der Waals surface area contributed by atoms with Crippen LogP contribution in [-0.2, 0) is 6.54 Å². The Labute approximate surface area is 160 Å². The number of amides is 1. The summed E-state index contributed by atoms with van der Waals surface area (Å²) >= 11 is 0. The Morgan fingerprint density at radius 3 is 2.93 bits per heavy atom. The highest BCUT2D eigenvalue weighted by atomic mass is 19.1. The molecule has 27 heavy (non-hydrogen) atoms. The molecule has 1 aromatic carbocycles. The van der Waals surface area contributed by atoms with Crippen molar-refractivity contribution in [2.24, 2.45) is 0 Å². The summed E-state index contributed by atoms with van der Waals surface area (Å²) in [4.78, 5) is 18.9. The molecule has 0 saturated carbocycles. The number of nitrogens with zero attached hydrogens (tertiary/aromatic N) is 2. The molecule has 0 bridgehead atoms. The van der Waals surface area contributed by atoms with Crippen molar-refractivity contribution in [1.29, 1.82) is 0 Å². The predicted octanol–water partition coefficient (Wildman–Crippen LogP) is 3.44. The Morgan fingerprint density at radius 2 is 2.19 bits per heavy atom. The van der Waals surface area contributed by atoms with Crippen LogP contribution < -0.4 is 10.6 Å². The number of aromatic nitrogens is 1. The lowest BCUT2D eigenvalue weighted by Gasteiger charge is -2.32. The molecule has 2 aromatic rings. The van der Waals surface area contributed by atoms with Crippen molar-refractivity contribution in [2.45, 2.75) is 38.3 Å². The van der Waals surface area contributed by atoms with Crippen molar-refractivity contribution in [3.8, 4) is 0 Å². The zero-order chi connectivity index (χ0) is 19.1. The molecule has 1 aliphatic heterocycles. The molecule has 6 heteroatoms. The van der Waals surface area contributed by atoms with Gasteiger partial charge in [0.15, 0.2) is 0 Å². The van der Waals surface area contributed by atoms with E-state index >= 15 is 0 Å². The molecule has 144 valence electrons. The molecule has 1 amide bonds. The molecule has 1 fully saturated rings. The third kappa shape index (κ3) is 5.76. The molecular formula is C21H27FN4O. The van der Waals surface area contributed by atoms with Crippen LogP contribution in [0.15, 0.2) is 42.6 Å². The van der Waals surface area contributed by atoms with E-state index in [1.165, 1.54) is 31.4 Å². The number of piperidine rings is 1. The number of carbonyl (C=O) groups is 1. The van der Waals surface area contributed by atoms with Gasteiger partial charge in [0.1, 0.15) is 11.6 Å². The Morgan fingerprint density at radius 1 is 1.30 bits per heavy atom. The van der Waals surface area contributed by atoms with Crippen LogP contribution in [0.3, 0.4) is 0 Å². The second kappa shape index (κ2) is 9.46. The van der Waals surface area contributed by atoms with Gasteiger partial charge in [-0.3, -0.25) is 4.79 Å². The standard InChI is InChI=1S/C21H27FN4O/c1-26-12-3-2-7-19(26)10-11-23-21(27)17-8-9-20(25-15-17)24-14-16-5-4-6-18(22)13-16/h4-6,8-9,13,15,19H,2-3,7,10-12,14H2,1H3,(H,23,27)(H,24,25). The molecule has 1 aliphatic rings. The van der Waals surface area contributed by atoms with Gasteiger partial charge < -0.3 is 15.5 Å². The number of halogens is 1. The lowest BCUT2D eigenvalue weighted by Crippen LogP contribution is -2.39. The van der Waals surface area contributed by atoms with Crippen LogP contribution in [0.2, 0.25) is 0 Å². The van der Waals surface area contributed by atoms with Crippen molar-refractivity contribution in [3.05, 3.63) is 59.5 Å². The van der Waals surface area contributed by atoms with Gasteiger partial charge in [0.05, 0.1) is 5.56 Å². The van der Waals surface area contributed by atoms with Crippen molar-refractivity contribution in [1.82, 2.24) is 15.2 Å². The van der Waals surface area contributed by atoms with Gasteiger partial charge in [-0.1, -0.05) is 18.6 Å². The quantitative estimate of drug-likeness (QED) is 0.784. The molecular weight excluding hydrogens is 343 g/mol. The molecule has 2 heterocycles. The molecule has 1 unspecified atom stereocenters. The molecule has 0 aliphatic carbocycles. The summed E-state index contributed by atoms with van der Waals surface area (Å²) in [6.07, 6.45) is 6.29. The SMILES string of the molecule is CN1CCCCC1CCNC(=O)c1ccc(NCc2cccc(F)c2)nc1. The number of anilines is 1. The molecule has 2 N–H and O–H groups in total. The van der Waals surface area contributed by atoms with Gasteiger partial charge in [-0.2, -0.15) is 0 Å². The van der Waals surface area contributed by atoms with Crippen molar-refractivity contribution < 1.29 is 9.18 Å². The third-order valence-corrected chi connectivity index (χ3v) is 5.07.